The quantitative estimate of drug-likeness (QED) is 0.107. The Morgan fingerprint density at radius 2 is 1.53 bits per heavy atom. The first-order valence-corrected chi connectivity index (χ1v) is 13.5. The Morgan fingerprint density at radius 3 is 2.00 bits per heavy atom. The third-order valence-corrected chi connectivity index (χ3v) is 8.42. The van der Waals surface area contributed by atoms with Gasteiger partial charge in [-0.15, -0.1) is 11.8 Å². The number of urea groups is 1. The number of hydrogen-bond acceptors (Lipinski definition) is 3. The van der Waals surface area contributed by atoms with Crippen LogP contribution in [0.25, 0.3) is 10.4 Å². The van der Waals surface area contributed by atoms with Gasteiger partial charge in [-0.3, -0.25) is 0 Å². The van der Waals surface area contributed by atoms with Gasteiger partial charge in [0.1, 0.15) is 0 Å². The van der Waals surface area contributed by atoms with E-state index < -0.39 is 4.75 Å². The van der Waals surface area contributed by atoms with Crippen LogP contribution >= 0.6 is 11.8 Å². The van der Waals surface area contributed by atoms with E-state index in [1.54, 1.807) is 0 Å². The van der Waals surface area contributed by atoms with Crippen molar-refractivity contribution in [1.82, 2.24) is 10.2 Å². The molecular formula is C29H33N5OS. The van der Waals surface area contributed by atoms with E-state index >= 15 is 0 Å². The fourth-order valence-electron chi connectivity index (χ4n) is 4.96. The van der Waals surface area contributed by atoms with Gasteiger partial charge in [0.25, 0.3) is 0 Å². The van der Waals surface area contributed by atoms with Crippen molar-refractivity contribution in [1.29, 1.82) is 0 Å². The van der Waals surface area contributed by atoms with Crippen molar-refractivity contribution in [3.05, 3.63) is 118 Å². The van der Waals surface area contributed by atoms with Crippen LogP contribution in [0, 0.1) is 0 Å². The molecule has 0 bridgehead atoms. The number of thioether (sulfide) groups is 1. The van der Waals surface area contributed by atoms with Crippen LogP contribution in [0.3, 0.4) is 0 Å². The Bertz CT molecular complexity index is 1060. The van der Waals surface area contributed by atoms with Crippen LogP contribution in [-0.2, 0) is 4.75 Å². The minimum absolute atomic E-state index is 0.0746. The molecule has 6 nitrogen and oxygen atoms in total. The molecule has 3 aromatic rings. The predicted molar refractivity (Wildman–Crippen MR) is 148 cm³/mol. The molecule has 2 amide bonds. The second-order valence-corrected chi connectivity index (χ2v) is 10.6. The van der Waals surface area contributed by atoms with Crippen LogP contribution in [-0.4, -0.2) is 41.9 Å². The Balaban J connectivity index is 1.73. The maximum absolute atomic E-state index is 13.1. The van der Waals surface area contributed by atoms with Crippen LogP contribution in [0.5, 0.6) is 0 Å². The molecule has 3 aromatic carbocycles. The van der Waals surface area contributed by atoms with Crippen molar-refractivity contribution in [2.24, 2.45) is 5.11 Å². The average molecular weight is 500 g/mol. The van der Waals surface area contributed by atoms with E-state index in [4.69, 9.17) is 5.53 Å². The normalized spacial score (nSPS) is 17.4. The van der Waals surface area contributed by atoms with E-state index in [-0.39, 0.29) is 23.9 Å². The number of hydrogen-bond donors (Lipinski definition) is 1. The van der Waals surface area contributed by atoms with Crippen molar-refractivity contribution >= 4 is 17.8 Å². The molecule has 186 valence electrons. The zero-order valence-corrected chi connectivity index (χ0v) is 21.5. The summed E-state index contributed by atoms with van der Waals surface area (Å²) < 4.78 is -0.452. The summed E-state index contributed by atoms with van der Waals surface area (Å²) in [5.41, 5.74) is 12.6. The number of likely N-dealkylation sites (tertiary alicyclic amines) is 1. The van der Waals surface area contributed by atoms with Gasteiger partial charge in [0, 0.05) is 35.8 Å². The van der Waals surface area contributed by atoms with Crippen molar-refractivity contribution in [2.75, 3.05) is 19.6 Å². The molecule has 0 saturated carbocycles. The zero-order valence-electron chi connectivity index (χ0n) is 20.7. The van der Waals surface area contributed by atoms with Gasteiger partial charge in [-0.05, 0) is 35.1 Å². The van der Waals surface area contributed by atoms with E-state index in [1.165, 1.54) is 16.7 Å². The number of carbonyl (C=O) groups is 1. The van der Waals surface area contributed by atoms with E-state index in [0.29, 0.717) is 13.1 Å². The van der Waals surface area contributed by atoms with Gasteiger partial charge in [-0.25, -0.2) is 4.79 Å². The standard InChI is InChI=1S/C29H33N5OS/c1-2-3-19-31-28(35)34-22-27(20-26(34)21-32-33-30)36-29(23-13-7-4-8-14-23,24-15-9-5-10-16-24)25-17-11-6-12-18-25/h4-18,26-27H,2-3,19-22H2,1H3,(H,31,35)/t26-,27+/m0/s1. The largest absolute Gasteiger partial charge is 0.338 e. The summed E-state index contributed by atoms with van der Waals surface area (Å²) in [6, 6.07) is 31.6. The highest BCUT2D eigenvalue weighted by Gasteiger charge is 2.43. The van der Waals surface area contributed by atoms with Crippen molar-refractivity contribution in [3.63, 3.8) is 0 Å². The topological polar surface area (TPSA) is 81.1 Å². The van der Waals surface area contributed by atoms with Crippen molar-refractivity contribution in [2.45, 2.75) is 42.2 Å². The van der Waals surface area contributed by atoms with Gasteiger partial charge in [-0.2, -0.15) is 0 Å². The molecule has 0 radical (unpaired) electrons. The Labute approximate surface area is 217 Å². The highest BCUT2D eigenvalue weighted by molar-refractivity contribution is 8.01. The summed E-state index contributed by atoms with van der Waals surface area (Å²) in [6.45, 7) is 3.64. The van der Waals surface area contributed by atoms with Gasteiger partial charge in [0.05, 0.1) is 4.75 Å². The Morgan fingerprint density at radius 1 is 1.00 bits per heavy atom. The maximum atomic E-state index is 13.1. The highest BCUT2D eigenvalue weighted by atomic mass is 32.2. The number of nitrogens with zero attached hydrogens (tertiary/aromatic N) is 4. The summed E-state index contributed by atoms with van der Waals surface area (Å²) in [5, 5.41) is 7.05. The molecule has 0 aliphatic carbocycles. The first-order valence-electron chi connectivity index (χ1n) is 12.6. The molecule has 0 aromatic heterocycles. The molecule has 0 spiro atoms. The Hall–Kier alpha value is -3.41. The van der Waals surface area contributed by atoms with Gasteiger partial charge in [0.15, 0.2) is 0 Å². The van der Waals surface area contributed by atoms with Crippen molar-refractivity contribution < 1.29 is 4.79 Å². The second kappa shape index (κ2) is 12.5. The van der Waals surface area contributed by atoms with Crippen LogP contribution < -0.4 is 5.32 Å². The summed E-state index contributed by atoms with van der Waals surface area (Å²) in [7, 11) is 0. The number of rotatable bonds is 10. The molecule has 1 saturated heterocycles. The van der Waals surface area contributed by atoms with Gasteiger partial charge >= 0.3 is 6.03 Å². The van der Waals surface area contributed by atoms with E-state index in [2.05, 4.69) is 95.1 Å². The molecule has 1 heterocycles. The van der Waals surface area contributed by atoms with E-state index in [9.17, 15) is 4.79 Å². The maximum Gasteiger partial charge on any atom is 0.317 e. The highest BCUT2D eigenvalue weighted by Crippen LogP contribution is 2.52. The summed E-state index contributed by atoms with van der Waals surface area (Å²) in [6.07, 6.45) is 2.73. The molecule has 1 aliphatic heterocycles. The first kappa shape index (κ1) is 25.7. The molecule has 1 fully saturated rings. The number of azide groups is 1. The average Bonchev–Trinajstić information content (AvgIpc) is 3.34. The lowest BCUT2D eigenvalue weighted by molar-refractivity contribution is 0.194. The minimum Gasteiger partial charge on any atom is -0.338 e. The lowest BCUT2D eigenvalue weighted by Gasteiger charge is -2.37. The fraction of sp³-hybridized carbons (Fsp3) is 0.345. The van der Waals surface area contributed by atoms with Gasteiger partial charge in [-0.1, -0.05) is 109 Å². The Kier molecular flexibility index (Phi) is 8.93. The molecule has 4 rings (SSSR count). The third kappa shape index (κ3) is 5.69. The van der Waals surface area contributed by atoms with Crippen molar-refractivity contribution in [3.8, 4) is 0 Å². The molecule has 36 heavy (non-hydrogen) atoms. The molecule has 7 heteroatoms. The minimum atomic E-state index is -0.452. The first-order chi connectivity index (χ1) is 17.7. The van der Waals surface area contributed by atoms with Gasteiger partial charge in [0.2, 0.25) is 0 Å². The lowest BCUT2D eigenvalue weighted by atomic mass is 9.84. The third-order valence-electron chi connectivity index (χ3n) is 6.68. The van der Waals surface area contributed by atoms with Crippen LogP contribution in [0.1, 0.15) is 42.9 Å². The molecule has 1 aliphatic rings. The number of amides is 2. The summed E-state index contributed by atoms with van der Waals surface area (Å²) in [4.78, 5) is 17.9. The van der Waals surface area contributed by atoms with Crippen LogP contribution in [0.15, 0.2) is 96.1 Å². The number of benzene rings is 3. The van der Waals surface area contributed by atoms with Crippen LogP contribution in [0.4, 0.5) is 4.79 Å². The van der Waals surface area contributed by atoms with E-state index in [1.807, 2.05) is 34.9 Å². The number of carbonyl (C=O) groups excluding carboxylic acids is 1. The number of unbranched alkanes of at least 4 members (excludes halogenated alkanes) is 1. The lowest BCUT2D eigenvalue weighted by Crippen LogP contribution is -2.44. The molecule has 0 unspecified atom stereocenters. The van der Waals surface area contributed by atoms with E-state index in [0.717, 1.165) is 19.3 Å². The summed E-state index contributed by atoms with van der Waals surface area (Å²) in [5.74, 6) is 0. The summed E-state index contributed by atoms with van der Waals surface area (Å²) >= 11 is 1.89. The SMILES string of the molecule is CCCCNC(=O)N1C[C@H](SC(c2ccccc2)(c2ccccc2)c2ccccc2)C[C@H]1CN=[N+]=[N-]. The molecule has 1 N–H and O–H groups in total. The smallest absolute Gasteiger partial charge is 0.317 e. The molecular weight excluding hydrogens is 466 g/mol. The predicted octanol–water partition coefficient (Wildman–Crippen LogP) is 6.97. The fourth-order valence-corrected chi connectivity index (χ4v) is 6.83. The second-order valence-electron chi connectivity index (χ2n) is 9.06. The molecule has 2 atom stereocenters. The monoisotopic (exact) mass is 499 g/mol. The van der Waals surface area contributed by atoms with Crippen LogP contribution in [0.2, 0.25) is 0 Å². The number of nitrogens with one attached hydrogen (secondary N) is 1. The van der Waals surface area contributed by atoms with Gasteiger partial charge < -0.3 is 10.2 Å². The zero-order chi connectivity index (χ0) is 25.2.